The molecule has 7 rings (SSSR count). The standard InChI is InChI=1S/C31H32FN5/c1-21-25-18-23(12-13-28(25)37(34-21)29-8-4-2-6-26(29)32)19-35-16-14-24(15-17-35)31-33-27-7-3-5-9-30(27)36(31)20-22-10-11-22/h2-9,12-13,18,22,24H,10-11,14-17,19-20H2,1H3. The van der Waals surface area contributed by atoms with Crippen molar-refractivity contribution in [3.63, 3.8) is 0 Å². The zero-order valence-corrected chi connectivity index (χ0v) is 21.3. The zero-order valence-electron chi connectivity index (χ0n) is 21.3. The third-order valence-electron chi connectivity index (χ3n) is 8.19. The molecule has 0 atom stereocenters. The van der Waals surface area contributed by atoms with E-state index in [0.717, 1.165) is 67.1 Å². The number of piperidine rings is 1. The van der Waals surface area contributed by atoms with Crippen LogP contribution >= 0.6 is 0 Å². The van der Waals surface area contributed by atoms with Crippen molar-refractivity contribution in [1.29, 1.82) is 0 Å². The summed E-state index contributed by atoms with van der Waals surface area (Å²) in [7, 11) is 0. The van der Waals surface area contributed by atoms with Crippen LogP contribution in [0.3, 0.4) is 0 Å². The highest BCUT2D eigenvalue weighted by molar-refractivity contribution is 5.84. The lowest BCUT2D eigenvalue weighted by atomic mass is 9.95. The molecule has 1 saturated carbocycles. The van der Waals surface area contributed by atoms with Crippen molar-refractivity contribution in [3.8, 4) is 5.69 Å². The van der Waals surface area contributed by atoms with Gasteiger partial charge in [0.15, 0.2) is 0 Å². The SMILES string of the molecule is Cc1nn(-c2ccccc2F)c2ccc(CN3CCC(c4nc5ccccc5n4CC4CC4)CC3)cc12. The molecule has 5 nitrogen and oxygen atoms in total. The maximum Gasteiger partial charge on any atom is 0.148 e. The minimum atomic E-state index is -0.260. The van der Waals surface area contributed by atoms with Crippen molar-refractivity contribution in [2.75, 3.05) is 13.1 Å². The minimum absolute atomic E-state index is 0.260. The Kier molecular flexibility index (Phi) is 5.58. The molecular formula is C31H32FN5. The molecule has 1 aliphatic carbocycles. The Morgan fingerprint density at radius 2 is 1.68 bits per heavy atom. The maximum absolute atomic E-state index is 14.4. The second kappa shape index (κ2) is 9.10. The molecule has 188 valence electrons. The van der Waals surface area contributed by atoms with Crippen LogP contribution in [0.5, 0.6) is 0 Å². The van der Waals surface area contributed by atoms with E-state index in [9.17, 15) is 4.39 Å². The van der Waals surface area contributed by atoms with Crippen LogP contribution < -0.4 is 0 Å². The molecule has 0 spiro atoms. The van der Waals surface area contributed by atoms with Crippen LogP contribution in [0.15, 0.2) is 66.7 Å². The van der Waals surface area contributed by atoms with Crippen LogP contribution in [-0.2, 0) is 13.1 Å². The summed E-state index contributed by atoms with van der Waals surface area (Å²) in [6.45, 7) is 6.19. The smallest absolute Gasteiger partial charge is 0.148 e. The first kappa shape index (κ1) is 22.7. The second-order valence-electron chi connectivity index (χ2n) is 10.9. The highest BCUT2D eigenvalue weighted by Gasteiger charge is 2.29. The fourth-order valence-electron chi connectivity index (χ4n) is 5.98. The van der Waals surface area contributed by atoms with Crippen molar-refractivity contribution in [3.05, 3.63) is 89.6 Å². The second-order valence-corrected chi connectivity index (χ2v) is 10.9. The van der Waals surface area contributed by atoms with Crippen molar-refractivity contribution < 1.29 is 4.39 Å². The molecule has 2 fully saturated rings. The molecule has 3 aromatic carbocycles. The van der Waals surface area contributed by atoms with Gasteiger partial charge in [-0.2, -0.15) is 5.10 Å². The van der Waals surface area contributed by atoms with Gasteiger partial charge in [-0.25, -0.2) is 14.1 Å². The molecular weight excluding hydrogens is 461 g/mol. The summed E-state index contributed by atoms with van der Waals surface area (Å²) in [6.07, 6.45) is 4.99. The molecule has 1 aliphatic heterocycles. The Morgan fingerprint density at radius 1 is 0.892 bits per heavy atom. The minimum Gasteiger partial charge on any atom is -0.327 e. The third-order valence-corrected chi connectivity index (χ3v) is 8.19. The molecule has 5 aromatic rings. The van der Waals surface area contributed by atoms with E-state index in [1.54, 1.807) is 16.8 Å². The summed E-state index contributed by atoms with van der Waals surface area (Å²) >= 11 is 0. The van der Waals surface area contributed by atoms with Crippen LogP contribution in [0.25, 0.3) is 27.6 Å². The third kappa shape index (κ3) is 4.23. The monoisotopic (exact) mass is 493 g/mol. The summed E-state index contributed by atoms with van der Waals surface area (Å²) in [5.41, 5.74) is 6.07. The van der Waals surface area contributed by atoms with E-state index in [1.807, 2.05) is 13.0 Å². The van der Waals surface area contributed by atoms with E-state index >= 15 is 0 Å². The van der Waals surface area contributed by atoms with Gasteiger partial charge in [0.2, 0.25) is 0 Å². The Balaban J connectivity index is 1.08. The number of aryl methyl sites for hydroxylation is 1. The lowest BCUT2D eigenvalue weighted by molar-refractivity contribution is 0.200. The predicted octanol–water partition coefficient (Wildman–Crippen LogP) is 6.61. The molecule has 0 bridgehead atoms. The van der Waals surface area contributed by atoms with Gasteiger partial charge in [0.05, 0.1) is 22.2 Å². The highest BCUT2D eigenvalue weighted by Crippen LogP contribution is 2.36. The molecule has 37 heavy (non-hydrogen) atoms. The quantitative estimate of drug-likeness (QED) is 0.267. The zero-order chi connectivity index (χ0) is 24.9. The summed E-state index contributed by atoms with van der Waals surface area (Å²) in [5, 5.41) is 5.74. The maximum atomic E-state index is 14.4. The van der Waals surface area contributed by atoms with Crippen LogP contribution in [-0.4, -0.2) is 37.3 Å². The van der Waals surface area contributed by atoms with Gasteiger partial charge in [-0.3, -0.25) is 4.90 Å². The van der Waals surface area contributed by atoms with Gasteiger partial charge < -0.3 is 4.57 Å². The number of benzene rings is 3. The summed E-state index contributed by atoms with van der Waals surface area (Å²) in [4.78, 5) is 7.67. The van der Waals surface area contributed by atoms with E-state index in [2.05, 4.69) is 57.0 Å². The van der Waals surface area contributed by atoms with Gasteiger partial charge in [0.1, 0.15) is 17.3 Å². The number of rotatable bonds is 6. The molecule has 6 heteroatoms. The molecule has 2 aliphatic rings. The van der Waals surface area contributed by atoms with Crippen molar-refractivity contribution in [1.82, 2.24) is 24.2 Å². The largest absolute Gasteiger partial charge is 0.327 e. The average molecular weight is 494 g/mol. The fourth-order valence-corrected chi connectivity index (χ4v) is 5.98. The lowest BCUT2D eigenvalue weighted by Gasteiger charge is -2.32. The van der Waals surface area contributed by atoms with Crippen LogP contribution in [0.2, 0.25) is 0 Å². The van der Waals surface area contributed by atoms with Gasteiger partial charge in [-0.1, -0.05) is 30.3 Å². The van der Waals surface area contributed by atoms with E-state index in [0.29, 0.717) is 11.6 Å². The number of imidazole rings is 1. The van der Waals surface area contributed by atoms with Gasteiger partial charge >= 0.3 is 0 Å². The van der Waals surface area contributed by atoms with Gasteiger partial charge in [0, 0.05) is 24.4 Å². The van der Waals surface area contributed by atoms with E-state index in [1.165, 1.54) is 35.8 Å². The van der Waals surface area contributed by atoms with Crippen molar-refractivity contribution in [2.24, 2.45) is 5.92 Å². The number of fused-ring (bicyclic) bond motifs is 2. The van der Waals surface area contributed by atoms with Crippen LogP contribution in [0, 0.1) is 18.7 Å². The summed E-state index contributed by atoms with van der Waals surface area (Å²) in [5.74, 6) is 2.39. The molecule has 2 aromatic heterocycles. The van der Waals surface area contributed by atoms with Crippen LogP contribution in [0.1, 0.15) is 48.7 Å². The summed E-state index contributed by atoms with van der Waals surface area (Å²) in [6, 6.07) is 21.9. The van der Waals surface area contributed by atoms with Gasteiger partial charge in [-0.05, 0) is 93.6 Å². The molecule has 0 radical (unpaired) electrons. The number of hydrogen-bond donors (Lipinski definition) is 0. The number of likely N-dealkylation sites (tertiary alicyclic amines) is 1. The lowest BCUT2D eigenvalue weighted by Crippen LogP contribution is -2.33. The van der Waals surface area contributed by atoms with Crippen molar-refractivity contribution >= 4 is 21.9 Å². The molecule has 3 heterocycles. The first-order valence-corrected chi connectivity index (χ1v) is 13.5. The van der Waals surface area contributed by atoms with Gasteiger partial charge in [-0.15, -0.1) is 0 Å². The number of hydrogen-bond acceptors (Lipinski definition) is 3. The first-order valence-electron chi connectivity index (χ1n) is 13.5. The molecule has 1 saturated heterocycles. The Hall–Kier alpha value is -3.51. The van der Waals surface area contributed by atoms with E-state index < -0.39 is 0 Å². The molecule has 0 N–H and O–H groups in total. The Morgan fingerprint density at radius 3 is 2.49 bits per heavy atom. The normalized spacial score (nSPS) is 17.2. The number of aromatic nitrogens is 4. The predicted molar refractivity (Wildman–Crippen MR) is 145 cm³/mol. The van der Waals surface area contributed by atoms with Gasteiger partial charge in [0.25, 0.3) is 0 Å². The Bertz CT molecular complexity index is 1590. The summed E-state index contributed by atoms with van der Waals surface area (Å²) < 4.78 is 18.7. The molecule has 0 unspecified atom stereocenters. The average Bonchev–Trinajstić information content (AvgIpc) is 3.59. The van der Waals surface area contributed by atoms with Crippen LogP contribution in [0.4, 0.5) is 4.39 Å². The fraction of sp³-hybridized carbons (Fsp3) is 0.355. The highest BCUT2D eigenvalue weighted by atomic mass is 19.1. The van der Waals surface area contributed by atoms with Crippen molar-refractivity contribution in [2.45, 2.75) is 51.6 Å². The van der Waals surface area contributed by atoms with E-state index in [4.69, 9.17) is 4.98 Å². The topological polar surface area (TPSA) is 38.9 Å². The number of nitrogens with zero attached hydrogens (tertiary/aromatic N) is 5. The molecule has 0 amide bonds. The number of halogens is 1. The Labute approximate surface area is 216 Å². The number of para-hydroxylation sites is 3. The first-order chi connectivity index (χ1) is 18.1. The van der Waals surface area contributed by atoms with E-state index in [-0.39, 0.29) is 5.82 Å².